The Morgan fingerprint density at radius 3 is 2.59 bits per heavy atom. The molecule has 0 amide bonds. The highest BCUT2D eigenvalue weighted by Gasteiger charge is 2.42. The fourth-order valence-electron chi connectivity index (χ4n) is 3.50. The van der Waals surface area contributed by atoms with Crippen LogP contribution < -0.4 is 0 Å². The van der Waals surface area contributed by atoms with E-state index in [2.05, 4.69) is 6.92 Å². The third-order valence-electron chi connectivity index (χ3n) is 4.59. The predicted molar refractivity (Wildman–Crippen MR) is 72.0 cm³/mol. The van der Waals surface area contributed by atoms with Gasteiger partial charge in [0.15, 0.2) is 5.78 Å². The van der Waals surface area contributed by atoms with Gasteiger partial charge in [-0.2, -0.15) is 0 Å². The molecule has 0 aromatic heterocycles. The summed E-state index contributed by atoms with van der Waals surface area (Å²) in [5.74, 6) is 0.461. The van der Waals surface area contributed by atoms with Crippen LogP contribution in [0.1, 0.15) is 77.6 Å². The first-order valence-electron chi connectivity index (χ1n) is 7.51. The van der Waals surface area contributed by atoms with Crippen LogP contribution in [0.5, 0.6) is 0 Å². The van der Waals surface area contributed by atoms with Gasteiger partial charge in [0.1, 0.15) is 0 Å². The second-order valence-corrected chi connectivity index (χ2v) is 6.00. The van der Waals surface area contributed by atoms with Gasteiger partial charge >= 0.3 is 0 Å². The Kier molecular flexibility index (Phi) is 4.42. The summed E-state index contributed by atoms with van der Waals surface area (Å²) >= 11 is 0. The van der Waals surface area contributed by atoms with Crippen molar-refractivity contribution in [3.63, 3.8) is 0 Å². The lowest BCUT2D eigenvalue weighted by atomic mass is 9.71. The standard InChI is InChI=1S/C16H26O/c1-2-3-4-6-9-14-12-15(17)16(13-14)10-7-5-8-11-16/h12H,2-11,13H2,1H3. The molecule has 2 rings (SSSR count). The molecular formula is C16H26O. The molecule has 1 saturated carbocycles. The molecule has 17 heavy (non-hydrogen) atoms. The number of ketones is 1. The summed E-state index contributed by atoms with van der Waals surface area (Å²) < 4.78 is 0. The van der Waals surface area contributed by atoms with Gasteiger partial charge in [-0.3, -0.25) is 4.79 Å². The minimum Gasteiger partial charge on any atom is -0.294 e. The van der Waals surface area contributed by atoms with Gasteiger partial charge in [0.2, 0.25) is 0 Å². The van der Waals surface area contributed by atoms with Crippen molar-refractivity contribution < 1.29 is 4.79 Å². The van der Waals surface area contributed by atoms with Gasteiger partial charge < -0.3 is 0 Å². The molecule has 96 valence electrons. The van der Waals surface area contributed by atoms with Crippen molar-refractivity contribution >= 4 is 5.78 Å². The smallest absolute Gasteiger partial charge is 0.162 e. The minimum atomic E-state index is 0.0678. The van der Waals surface area contributed by atoms with Crippen LogP contribution in [0, 0.1) is 5.41 Å². The molecule has 0 aromatic carbocycles. The van der Waals surface area contributed by atoms with Gasteiger partial charge in [-0.25, -0.2) is 0 Å². The second kappa shape index (κ2) is 5.84. The Hall–Kier alpha value is -0.590. The SMILES string of the molecule is CCCCCCC1=CC(=O)C2(CCCCC2)C1. The van der Waals surface area contributed by atoms with E-state index in [0.29, 0.717) is 5.78 Å². The molecule has 1 fully saturated rings. The van der Waals surface area contributed by atoms with Crippen LogP contribution in [0.4, 0.5) is 0 Å². The number of rotatable bonds is 5. The molecule has 0 N–H and O–H groups in total. The molecule has 1 heteroatoms. The highest BCUT2D eigenvalue weighted by Crippen LogP contribution is 2.47. The monoisotopic (exact) mass is 234 g/mol. The molecule has 1 spiro atoms. The predicted octanol–water partition coefficient (Wildman–Crippen LogP) is 4.81. The maximum Gasteiger partial charge on any atom is 0.162 e. The van der Waals surface area contributed by atoms with Crippen LogP contribution in [-0.4, -0.2) is 5.78 Å². The third-order valence-corrected chi connectivity index (χ3v) is 4.59. The lowest BCUT2D eigenvalue weighted by Crippen LogP contribution is -2.28. The lowest BCUT2D eigenvalue weighted by Gasteiger charge is -2.32. The fraction of sp³-hybridized carbons (Fsp3) is 0.812. The van der Waals surface area contributed by atoms with Gasteiger partial charge in [-0.1, -0.05) is 51.0 Å². The molecule has 1 nitrogen and oxygen atoms in total. The highest BCUT2D eigenvalue weighted by molar-refractivity contribution is 5.98. The molecule has 0 aromatic rings. The zero-order valence-electron chi connectivity index (χ0n) is 11.3. The second-order valence-electron chi connectivity index (χ2n) is 6.00. The summed E-state index contributed by atoms with van der Waals surface area (Å²) in [7, 11) is 0. The zero-order chi connectivity index (χ0) is 12.1. The van der Waals surface area contributed by atoms with Crippen LogP contribution in [-0.2, 0) is 4.79 Å². The molecule has 0 bridgehead atoms. The van der Waals surface area contributed by atoms with Gasteiger partial charge in [-0.05, 0) is 38.2 Å². The van der Waals surface area contributed by atoms with Crippen LogP contribution in [0.2, 0.25) is 0 Å². The molecule has 0 radical (unpaired) electrons. The first kappa shape index (κ1) is 12.9. The lowest BCUT2D eigenvalue weighted by molar-refractivity contribution is -0.124. The van der Waals surface area contributed by atoms with E-state index in [1.165, 1.54) is 56.9 Å². The Morgan fingerprint density at radius 1 is 1.12 bits per heavy atom. The Labute approximate surface area is 106 Å². The van der Waals surface area contributed by atoms with Crippen molar-refractivity contribution in [3.05, 3.63) is 11.6 Å². The normalized spacial score (nSPS) is 23.1. The Balaban J connectivity index is 1.82. The van der Waals surface area contributed by atoms with E-state index < -0.39 is 0 Å². The van der Waals surface area contributed by atoms with Crippen molar-refractivity contribution in [1.29, 1.82) is 0 Å². The van der Waals surface area contributed by atoms with E-state index in [4.69, 9.17) is 0 Å². The summed E-state index contributed by atoms with van der Waals surface area (Å²) in [6, 6.07) is 0. The third kappa shape index (κ3) is 3.00. The summed E-state index contributed by atoms with van der Waals surface area (Å²) in [5.41, 5.74) is 1.52. The van der Waals surface area contributed by atoms with Crippen LogP contribution >= 0.6 is 0 Å². The van der Waals surface area contributed by atoms with Crippen molar-refractivity contribution in [1.82, 2.24) is 0 Å². The highest BCUT2D eigenvalue weighted by atomic mass is 16.1. The molecule has 0 heterocycles. The number of hydrogen-bond acceptors (Lipinski definition) is 1. The van der Waals surface area contributed by atoms with Gasteiger partial charge in [0.05, 0.1) is 0 Å². The average molecular weight is 234 g/mol. The molecule has 2 aliphatic carbocycles. The molecular weight excluding hydrogens is 208 g/mol. The average Bonchev–Trinajstić information content (AvgIpc) is 2.63. The maximum atomic E-state index is 12.2. The molecule has 0 aliphatic heterocycles. The number of allylic oxidation sites excluding steroid dienone is 2. The van der Waals surface area contributed by atoms with Crippen molar-refractivity contribution in [2.75, 3.05) is 0 Å². The quantitative estimate of drug-likeness (QED) is 0.624. The molecule has 0 atom stereocenters. The maximum absolute atomic E-state index is 12.2. The molecule has 0 unspecified atom stereocenters. The van der Waals surface area contributed by atoms with Crippen molar-refractivity contribution in [2.45, 2.75) is 77.6 Å². The van der Waals surface area contributed by atoms with E-state index in [-0.39, 0.29) is 5.41 Å². The van der Waals surface area contributed by atoms with Crippen LogP contribution in [0.15, 0.2) is 11.6 Å². The van der Waals surface area contributed by atoms with Gasteiger partial charge in [-0.15, -0.1) is 0 Å². The zero-order valence-corrected chi connectivity index (χ0v) is 11.3. The summed E-state index contributed by atoms with van der Waals surface area (Å²) in [6.45, 7) is 2.25. The van der Waals surface area contributed by atoms with Gasteiger partial charge in [0.25, 0.3) is 0 Å². The van der Waals surface area contributed by atoms with E-state index in [1.54, 1.807) is 0 Å². The van der Waals surface area contributed by atoms with Crippen LogP contribution in [0.3, 0.4) is 0 Å². The summed E-state index contributed by atoms with van der Waals surface area (Å²) in [6.07, 6.45) is 15.7. The molecule has 2 aliphatic rings. The number of carbonyl (C=O) groups is 1. The van der Waals surface area contributed by atoms with E-state index in [0.717, 1.165) is 19.3 Å². The van der Waals surface area contributed by atoms with Crippen LogP contribution in [0.25, 0.3) is 0 Å². The van der Waals surface area contributed by atoms with E-state index >= 15 is 0 Å². The Bertz CT molecular complexity index is 295. The first-order chi connectivity index (χ1) is 8.27. The minimum absolute atomic E-state index is 0.0678. The summed E-state index contributed by atoms with van der Waals surface area (Å²) in [5, 5.41) is 0. The number of carbonyl (C=O) groups excluding carboxylic acids is 1. The summed E-state index contributed by atoms with van der Waals surface area (Å²) in [4.78, 5) is 12.2. The van der Waals surface area contributed by atoms with Crippen molar-refractivity contribution in [2.24, 2.45) is 5.41 Å². The van der Waals surface area contributed by atoms with E-state index in [1.807, 2.05) is 6.08 Å². The Morgan fingerprint density at radius 2 is 1.88 bits per heavy atom. The number of unbranched alkanes of at least 4 members (excludes halogenated alkanes) is 3. The molecule has 0 saturated heterocycles. The van der Waals surface area contributed by atoms with E-state index in [9.17, 15) is 4.79 Å². The topological polar surface area (TPSA) is 17.1 Å². The van der Waals surface area contributed by atoms with Crippen molar-refractivity contribution in [3.8, 4) is 0 Å². The largest absolute Gasteiger partial charge is 0.294 e. The number of hydrogen-bond donors (Lipinski definition) is 0. The van der Waals surface area contributed by atoms with Gasteiger partial charge in [0, 0.05) is 5.41 Å². The fourth-order valence-corrected chi connectivity index (χ4v) is 3.50. The first-order valence-corrected chi connectivity index (χ1v) is 7.51.